The van der Waals surface area contributed by atoms with Crippen LogP contribution >= 0.6 is 0 Å². The SMILES string of the molecule is Cc1cccc2c(=O)oc(-c3ccc(N4C(=O)c5ccc(-c6nc7c(C)cccc7c(=O)o6)cc5C4=O)cc3)nc12. The van der Waals surface area contributed by atoms with Gasteiger partial charge in [-0.25, -0.2) is 24.5 Å². The Balaban J connectivity index is 1.23. The third kappa shape index (κ3) is 3.78. The van der Waals surface area contributed by atoms with E-state index < -0.39 is 23.1 Å². The van der Waals surface area contributed by atoms with Crippen molar-refractivity contribution in [3.05, 3.63) is 122 Å². The summed E-state index contributed by atoms with van der Waals surface area (Å²) in [5.74, 6) is -0.818. The number of imide groups is 1. The summed E-state index contributed by atoms with van der Waals surface area (Å²) in [6.07, 6.45) is 0. The first-order valence-corrected chi connectivity index (χ1v) is 12.7. The summed E-state index contributed by atoms with van der Waals surface area (Å²) in [6, 6.07) is 21.6. The summed E-state index contributed by atoms with van der Waals surface area (Å²) in [5, 5.41) is 0.758. The molecule has 0 atom stereocenters. The van der Waals surface area contributed by atoms with Crippen LogP contribution < -0.4 is 16.2 Å². The Morgan fingerprint density at radius 2 is 1.10 bits per heavy atom. The minimum Gasteiger partial charge on any atom is -0.403 e. The molecular weight excluding hydrogens is 522 g/mol. The molecule has 1 aliphatic rings. The number of aryl methyl sites for hydroxylation is 2. The molecule has 6 aromatic rings. The number of para-hydroxylation sites is 2. The molecule has 0 unspecified atom stereocenters. The summed E-state index contributed by atoms with van der Waals surface area (Å²) >= 11 is 0. The number of benzene rings is 4. The summed E-state index contributed by atoms with van der Waals surface area (Å²) < 4.78 is 10.9. The first-order valence-electron chi connectivity index (χ1n) is 12.7. The van der Waals surface area contributed by atoms with Crippen LogP contribution in [0.4, 0.5) is 5.69 Å². The molecule has 198 valence electrons. The van der Waals surface area contributed by atoms with Crippen LogP contribution in [0.25, 0.3) is 44.7 Å². The summed E-state index contributed by atoms with van der Waals surface area (Å²) in [4.78, 5) is 61.9. The van der Waals surface area contributed by atoms with Gasteiger partial charge < -0.3 is 8.83 Å². The van der Waals surface area contributed by atoms with Crippen molar-refractivity contribution in [2.45, 2.75) is 13.8 Å². The van der Waals surface area contributed by atoms with Gasteiger partial charge in [0.05, 0.1) is 38.6 Å². The highest BCUT2D eigenvalue weighted by Crippen LogP contribution is 2.33. The lowest BCUT2D eigenvalue weighted by Crippen LogP contribution is -2.29. The molecular formula is C32H19N3O6. The van der Waals surface area contributed by atoms with Crippen molar-refractivity contribution < 1.29 is 18.4 Å². The largest absolute Gasteiger partial charge is 0.403 e. The molecule has 2 amide bonds. The van der Waals surface area contributed by atoms with Gasteiger partial charge in [0.1, 0.15) is 0 Å². The molecule has 4 aromatic carbocycles. The van der Waals surface area contributed by atoms with Crippen LogP contribution in [0.2, 0.25) is 0 Å². The number of carbonyl (C=O) groups excluding carboxylic acids is 2. The number of hydrogen-bond donors (Lipinski definition) is 0. The second-order valence-corrected chi connectivity index (χ2v) is 9.81. The van der Waals surface area contributed by atoms with Crippen LogP contribution in [0, 0.1) is 13.8 Å². The van der Waals surface area contributed by atoms with Crippen molar-refractivity contribution >= 4 is 39.3 Å². The minimum absolute atomic E-state index is 0.0577. The van der Waals surface area contributed by atoms with E-state index in [1.807, 2.05) is 26.0 Å². The first kappa shape index (κ1) is 24.3. The van der Waals surface area contributed by atoms with E-state index >= 15 is 0 Å². The Morgan fingerprint density at radius 1 is 0.585 bits per heavy atom. The highest BCUT2D eigenvalue weighted by molar-refractivity contribution is 6.34. The fourth-order valence-electron chi connectivity index (χ4n) is 5.09. The molecule has 9 heteroatoms. The van der Waals surface area contributed by atoms with Crippen molar-refractivity contribution in [3.8, 4) is 22.9 Å². The van der Waals surface area contributed by atoms with Gasteiger partial charge in [-0.05, 0) is 79.6 Å². The molecule has 2 aromatic heterocycles. The van der Waals surface area contributed by atoms with Gasteiger partial charge in [-0.1, -0.05) is 24.3 Å². The van der Waals surface area contributed by atoms with Gasteiger partial charge in [0.2, 0.25) is 11.8 Å². The molecule has 41 heavy (non-hydrogen) atoms. The summed E-state index contributed by atoms with van der Waals surface area (Å²) in [6.45, 7) is 3.71. The number of rotatable bonds is 3. The van der Waals surface area contributed by atoms with Gasteiger partial charge in [0, 0.05) is 11.1 Å². The number of aromatic nitrogens is 2. The molecule has 0 saturated carbocycles. The number of fused-ring (bicyclic) bond motifs is 3. The quantitative estimate of drug-likeness (QED) is 0.271. The van der Waals surface area contributed by atoms with Crippen LogP contribution in [0.1, 0.15) is 31.8 Å². The Labute approximate surface area is 231 Å². The van der Waals surface area contributed by atoms with E-state index in [0.29, 0.717) is 38.6 Å². The number of carbonyl (C=O) groups is 2. The normalized spacial score (nSPS) is 12.9. The molecule has 7 rings (SSSR count). The molecule has 3 heterocycles. The summed E-state index contributed by atoms with van der Waals surface area (Å²) in [7, 11) is 0. The third-order valence-electron chi connectivity index (χ3n) is 7.23. The van der Waals surface area contributed by atoms with Crippen LogP contribution in [-0.4, -0.2) is 21.8 Å². The van der Waals surface area contributed by atoms with Gasteiger partial charge in [0.15, 0.2) is 0 Å². The second-order valence-electron chi connectivity index (χ2n) is 9.81. The molecule has 0 radical (unpaired) electrons. The fraction of sp³-hybridized carbons (Fsp3) is 0.0625. The van der Waals surface area contributed by atoms with Gasteiger partial charge in [-0.3, -0.25) is 9.59 Å². The first-order chi connectivity index (χ1) is 19.8. The van der Waals surface area contributed by atoms with Crippen LogP contribution in [0.3, 0.4) is 0 Å². The highest BCUT2D eigenvalue weighted by atomic mass is 16.4. The molecule has 0 N–H and O–H groups in total. The average Bonchev–Trinajstić information content (AvgIpc) is 3.23. The predicted octanol–water partition coefficient (Wildman–Crippen LogP) is 5.44. The zero-order valence-corrected chi connectivity index (χ0v) is 21.8. The van der Waals surface area contributed by atoms with Crippen molar-refractivity contribution in [2.75, 3.05) is 4.90 Å². The minimum atomic E-state index is -0.537. The van der Waals surface area contributed by atoms with E-state index in [2.05, 4.69) is 9.97 Å². The van der Waals surface area contributed by atoms with Crippen LogP contribution in [-0.2, 0) is 0 Å². The zero-order chi connectivity index (χ0) is 28.4. The topological polar surface area (TPSA) is 124 Å². The molecule has 0 bridgehead atoms. The van der Waals surface area contributed by atoms with E-state index in [1.165, 1.54) is 12.1 Å². The zero-order valence-electron chi connectivity index (χ0n) is 21.8. The molecule has 0 saturated heterocycles. The maximum absolute atomic E-state index is 13.4. The lowest BCUT2D eigenvalue weighted by Gasteiger charge is -2.14. The van der Waals surface area contributed by atoms with Crippen molar-refractivity contribution in [2.24, 2.45) is 0 Å². The van der Waals surface area contributed by atoms with E-state index in [9.17, 15) is 19.2 Å². The van der Waals surface area contributed by atoms with Gasteiger partial charge >= 0.3 is 11.3 Å². The highest BCUT2D eigenvalue weighted by Gasteiger charge is 2.37. The van der Waals surface area contributed by atoms with E-state index in [4.69, 9.17) is 8.83 Å². The monoisotopic (exact) mass is 541 g/mol. The number of amides is 2. The van der Waals surface area contributed by atoms with Gasteiger partial charge in [-0.2, -0.15) is 0 Å². The molecule has 0 fully saturated rings. The smallest absolute Gasteiger partial charge is 0.347 e. The van der Waals surface area contributed by atoms with Gasteiger partial charge in [0.25, 0.3) is 11.8 Å². The fourth-order valence-corrected chi connectivity index (χ4v) is 5.09. The number of anilines is 1. The average molecular weight is 542 g/mol. The Hall–Kier alpha value is -5.70. The Bertz CT molecular complexity index is 2210. The van der Waals surface area contributed by atoms with Gasteiger partial charge in [-0.15, -0.1) is 0 Å². The Morgan fingerprint density at radius 3 is 1.68 bits per heavy atom. The maximum atomic E-state index is 13.4. The van der Waals surface area contributed by atoms with E-state index in [1.54, 1.807) is 54.6 Å². The van der Waals surface area contributed by atoms with E-state index in [-0.39, 0.29) is 22.9 Å². The lowest BCUT2D eigenvalue weighted by molar-refractivity contribution is 0.0926. The molecule has 9 nitrogen and oxygen atoms in total. The Kier molecular flexibility index (Phi) is 5.30. The molecule has 0 aliphatic carbocycles. The summed E-state index contributed by atoms with van der Waals surface area (Å²) in [5.41, 5.74) is 3.32. The van der Waals surface area contributed by atoms with Crippen molar-refractivity contribution in [1.82, 2.24) is 9.97 Å². The standard InChI is InChI=1S/C32H19N3O6/c1-16-5-3-7-22-25(16)33-27(40-31(22)38)18-9-12-20(13-10-18)35-29(36)21-14-11-19(15-24(21)30(35)37)28-34-26-17(2)6-4-8-23(26)32(39)41-28/h3-15H,1-2H3. The van der Waals surface area contributed by atoms with Crippen molar-refractivity contribution in [1.29, 1.82) is 0 Å². The maximum Gasteiger partial charge on any atom is 0.347 e. The van der Waals surface area contributed by atoms with Crippen LogP contribution in [0.15, 0.2) is 97.3 Å². The van der Waals surface area contributed by atoms with E-state index in [0.717, 1.165) is 16.0 Å². The predicted molar refractivity (Wildman–Crippen MR) is 152 cm³/mol. The van der Waals surface area contributed by atoms with Crippen LogP contribution in [0.5, 0.6) is 0 Å². The number of hydrogen-bond acceptors (Lipinski definition) is 8. The second kappa shape index (κ2) is 8.92. The molecule has 0 spiro atoms. The molecule has 1 aliphatic heterocycles. The number of nitrogens with zero attached hydrogens (tertiary/aromatic N) is 3. The lowest BCUT2D eigenvalue weighted by atomic mass is 10.1. The van der Waals surface area contributed by atoms with Crippen molar-refractivity contribution in [3.63, 3.8) is 0 Å². The third-order valence-corrected chi connectivity index (χ3v) is 7.23.